The van der Waals surface area contributed by atoms with Crippen LogP contribution in [0, 0.1) is 17.7 Å². The van der Waals surface area contributed by atoms with Gasteiger partial charge in [-0.3, -0.25) is 4.79 Å². The van der Waals surface area contributed by atoms with Crippen LogP contribution < -0.4 is 0 Å². The Labute approximate surface area is 123 Å². The van der Waals surface area contributed by atoms with E-state index in [1.807, 2.05) is 0 Å². The number of methoxy groups -OCH3 is 1. The van der Waals surface area contributed by atoms with Crippen LogP contribution in [0.5, 0.6) is 0 Å². The SMILES string of the molecule is COCCN(C(=O)c1cc(F)ccc1C#CCO)C1CC1. The Morgan fingerprint density at radius 1 is 1.52 bits per heavy atom. The first-order chi connectivity index (χ1) is 10.2. The molecule has 112 valence electrons. The monoisotopic (exact) mass is 291 g/mol. The number of aliphatic hydroxyl groups is 1. The maximum atomic E-state index is 13.5. The number of carbonyl (C=O) groups is 1. The van der Waals surface area contributed by atoms with Gasteiger partial charge in [0.1, 0.15) is 12.4 Å². The maximum absolute atomic E-state index is 13.5. The fourth-order valence-corrected chi connectivity index (χ4v) is 2.12. The third-order valence-corrected chi connectivity index (χ3v) is 3.30. The van der Waals surface area contributed by atoms with E-state index in [1.54, 1.807) is 12.0 Å². The molecule has 0 aliphatic heterocycles. The molecule has 1 fully saturated rings. The van der Waals surface area contributed by atoms with Gasteiger partial charge >= 0.3 is 0 Å². The van der Waals surface area contributed by atoms with Gasteiger partial charge in [0.2, 0.25) is 0 Å². The van der Waals surface area contributed by atoms with E-state index in [0.29, 0.717) is 18.7 Å². The summed E-state index contributed by atoms with van der Waals surface area (Å²) in [5, 5.41) is 8.78. The summed E-state index contributed by atoms with van der Waals surface area (Å²) >= 11 is 0. The van der Waals surface area contributed by atoms with E-state index in [0.717, 1.165) is 12.8 Å². The second kappa shape index (κ2) is 7.21. The third kappa shape index (κ3) is 4.03. The highest BCUT2D eigenvalue weighted by Gasteiger charge is 2.33. The molecular weight excluding hydrogens is 273 g/mol. The van der Waals surface area contributed by atoms with Crippen LogP contribution in [0.1, 0.15) is 28.8 Å². The van der Waals surface area contributed by atoms with Crippen LogP contribution in [0.2, 0.25) is 0 Å². The Morgan fingerprint density at radius 2 is 2.29 bits per heavy atom. The van der Waals surface area contributed by atoms with Gasteiger partial charge in [0, 0.05) is 25.3 Å². The zero-order valence-electron chi connectivity index (χ0n) is 11.9. The van der Waals surface area contributed by atoms with Crippen LogP contribution in [0.25, 0.3) is 0 Å². The normalized spacial score (nSPS) is 13.5. The molecular formula is C16H18FNO3. The smallest absolute Gasteiger partial charge is 0.255 e. The quantitative estimate of drug-likeness (QED) is 0.835. The minimum atomic E-state index is -0.476. The summed E-state index contributed by atoms with van der Waals surface area (Å²) < 4.78 is 18.5. The lowest BCUT2D eigenvalue weighted by atomic mass is 10.1. The third-order valence-electron chi connectivity index (χ3n) is 3.30. The first kappa shape index (κ1) is 15.5. The van der Waals surface area contributed by atoms with Crippen molar-refractivity contribution in [3.63, 3.8) is 0 Å². The number of amides is 1. The van der Waals surface area contributed by atoms with Crippen molar-refractivity contribution >= 4 is 5.91 Å². The first-order valence-electron chi connectivity index (χ1n) is 6.86. The highest BCUT2D eigenvalue weighted by molar-refractivity contribution is 5.97. The number of carbonyl (C=O) groups excluding carboxylic acids is 1. The highest BCUT2D eigenvalue weighted by Crippen LogP contribution is 2.28. The van der Waals surface area contributed by atoms with Crippen LogP contribution in [-0.2, 0) is 4.74 Å². The predicted molar refractivity (Wildman–Crippen MR) is 76.3 cm³/mol. The largest absolute Gasteiger partial charge is 0.384 e. The Balaban J connectivity index is 2.29. The molecule has 0 spiro atoms. The summed E-state index contributed by atoms with van der Waals surface area (Å²) in [5.74, 6) is 4.47. The van der Waals surface area contributed by atoms with Crippen molar-refractivity contribution in [2.24, 2.45) is 0 Å². The van der Waals surface area contributed by atoms with Crippen LogP contribution in [0.4, 0.5) is 4.39 Å². The molecule has 0 atom stereocenters. The van der Waals surface area contributed by atoms with E-state index in [2.05, 4.69) is 11.8 Å². The van der Waals surface area contributed by atoms with Crippen molar-refractivity contribution in [3.8, 4) is 11.8 Å². The van der Waals surface area contributed by atoms with E-state index >= 15 is 0 Å². The molecule has 1 aliphatic rings. The van der Waals surface area contributed by atoms with Crippen molar-refractivity contribution in [1.29, 1.82) is 0 Å². The molecule has 0 aromatic heterocycles. The van der Waals surface area contributed by atoms with Gasteiger partial charge in [-0.1, -0.05) is 11.8 Å². The number of nitrogens with zero attached hydrogens (tertiary/aromatic N) is 1. The van der Waals surface area contributed by atoms with Gasteiger partial charge in [-0.25, -0.2) is 4.39 Å². The second-order valence-electron chi connectivity index (χ2n) is 4.87. The number of hydrogen-bond donors (Lipinski definition) is 1. The average molecular weight is 291 g/mol. The van der Waals surface area contributed by atoms with Crippen molar-refractivity contribution in [2.75, 3.05) is 26.9 Å². The zero-order valence-corrected chi connectivity index (χ0v) is 11.9. The second-order valence-corrected chi connectivity index (χ2v) is 4.87. The summed E-state index contributed by atoms with van der Waals surface area (Å²) in [4.78, 5) is 14.4. The number of halogens is 1. The Hall–Kier alpha value is -1.90. The summed E-state index contributed by atoms with van der Waals surface area (Å²) in [5.41, 5.74) is 0.664. The highest BCUT2D eigenvalue weighted by atomic mass is 19.1. The van der Waals surface area contributed by atoms with Crippen molar-refractivity contribution in [1.82, 2.24) is 4.90 Å². The number of hydrogen-bond acceptors (Lipinski definition) is 3. The number of ether oxygens (including phenoxy) is 1. The van der Waals surface area contributed by atoms with Gasteiger partial charge in [0.25, 0.3) is 5.91 Å². The van der Waals surface area contributed by atoms with Gasteiger partial charge in [-0.15, -0.1) is 0 Å². The molecule has 0 saturated heterocycles. The van der Waals surface area contributed by atoms with Crippen LogP contribution >= 0.6 is 0 Å². The van der Waals surface area contributed by atoms with E-state index in [-0.39, 0.29) is 24.1 Å². The fraction of sp³-hybridized carbons (Fsp3) is 0.438. The molecule has 0 unspecified atom stereocenters. The summed E-state index contributed by atoms with van der Waals surface area (Å²) in [6, 6.07) is 4.13. The van der Waals surface area contributed by atoms with Crippen LogP contribution in [-0.4, -0.2) is 48.8 Å². The number of benzene rings is 1. The van der Waals surface area contributed by atoms with Crippen molar-refractivity contribution in [3.05, 3.63) is 35.1 Å². The predicted octanol–water partition coefficient (Wildman–Crippen LogP) is 1.42. The minimum absolute atomic E-state index is 0.203. The minimum Gasteiger partial charge on any atom is -0.384 e. The van der Waals surface area contributed by atoms with Gasteiger partial charge in [-0.05, 0) is 31.0 Å². The number of aliphatic hydroxyl groups excluding tert-OH is 1. The van der Waals surface area contributed by atoms with E-state index in [4.69, 9.17) is 9.84 Å². The molecule has 0 radical (unpaired) electrons. The molecule has 0 bridgehead atoms. The first-order valence-corrected chi connectivity index (χ1v) is 6.86. The topological polar surface area (TPSA) is 49.8 Å². The Kier molecular flexibility index (Phi) is 5.32. The van der Waals surface area contributed by atoms with E-state index in [1.165, 1.54) is 18.2 Å². The number of rotatable bonds is 5. The lowest BCUT2D eigenvalue weighted by Gasteiger charge is -2.22. The molecule has 0 heterocycles. The van der Waals surface area contributed by atoms with Crippen molar-refractivity contribution < 1.29 is 19.0 Å². The zero-order chi connectivity index (χ0) is 15.2. The standard InChI is InChI=1S/C16H18FNO3/c1-21-10-8-18(14-6-7-14)16(20)15-11-13(17)5-4-12(15)3-2-9-19/h4-5,11,14,19H,6-10H2,1H3. The molecule has 5 heteroatoms. The lowest BCUT2D eigenvalue weighted by Crippen LogP contribution is -2.36. The molecule has 1 aromatic rings. The fourth-order valence-electron chi connectivity index (χ4n) is 2.12. The molecule has 1 saturated carbocycles. The molecule has 2 rings (SSSR count). The molecule has 1 amide bonds. The van der Waals surface area contributed by atoms with Gasteiger partial charge < -0.3 is 14.7 Å². The summed E-state index contributed by atoms with van der Waals surface area (Å²) in [6.45, 7) is 0.611. The Morgan fingerprint density at radius 3 is 2.90 bits per heavy atom. The van der Waals surface area contributed by atoms with E-state index in [9.17, 15) is 9.18 Å². The summed E-state index contributed by atoms with van der Waals surface area (Å²) in [7, 11) is 1.58. The average Bonchev–Trinajstić information content (AvgIpc) is 3.31. The molecule has 1 N–H and O–H groups in total. The molecule has 21 heavy (non-hydrogen) atoms. The molecule has 1 aliphatic carbocycles. The van der Waals surface area contributed by atoms with Gasteiger partial charge in [0.05, 0.1) is 12.2 Å². The van der Waals surface area contributed by atoms with Crippen LogP contribution in [0.15, 0.2) is 18.2 Å². The van der Waals surface area contributed by atoms with Gasteiger partial charge in [-0.2, -0.15) is 0 Å². The Bertz CT molecular complexity index is 573. The molecule has 1 aromatic carbocycles. The summed E-state index contributed by atoms with van der Waals surface area (Å²) in [6.07, 6.45) is 1.92. The molecule has 4 nitrogen and oxygen atoms in total. The van der Waals surface area contributed by atoms with Gasteiger partial charge in [0.15, 0.2) is 0 Å². The van der Waals surface area contributed by atoms with E-state index < -0.39 is 5.82 Å². The van der Waals surface area contributed by atoms with Crippen LogP contribution in [0.3, 0.4) is 0 Å². The van der Waals surface area contributed by atoms with Crippen molar-refractivity contribution in [2.45, 2.75) is 18.9 Å². The lowest BCUT2D eigenvalue weighted by molar-refractivity contribution is 0.0679. The maximum Gasteiger partial charge on any atom is 0.255 e.